The number of aromatic nitrogens is 2. The van der Waals surface area contributed by atoms with Gasteiger partial charge in [0.05, 0.1) is 29.6 Å². The summed E-state index contributed by atoms with van der Waals surface area (Å²) in [6.07, 6.45) is 1.45. The van der Waals surface area contributed by atoms with Gasteiger partial charge in [0, 0.05) is 18.7 Å². The van der Waals surface area contributed by atoms with Crippen LogP contribution >= 0.6 is 11.6 Å². The molecule has 0 N–H and O–H groups in total. The molecule has 3 aromatic rings. The Balaban J connectivity index is 1.52. The molecule has 8 nitrogen and oxygen atoms in total. The maximum Gasteiger partial charge on any atom is 0.247 e. The Morgan fingerprint density at radius 1 is 1.19 bits per heavy atom. The van der Waals surface area contributed by atoms with Crippen molar-refractivity contribution in [3.8, 4) is 23.0 Å². The molecule has 1 atom stereocenters. The average Bonchev–Trinajstić information content (AvgIpc) is 3.31. The molecule has 1 saturated heterocycles. The summed E-state index contributed by atoms with van der Waals surface area (Å²) in [5, 5.41) is 8.60. The minimum Gasteiger partial charge on any atom is -0.497 e. The molecule has 0 radical (unpaired) electrons. The van der Waals surface area contributed by atoms with E-state index in [0.717, 1.165) is 17.7 Å². The van der Waals surface area contributed by atoms with E-state index in [4.69, 9.17) is 25.5 Å². The molecule has 1 fully saturated rings. The van der Waals surface area contributed by atoms with E-state index in [9.17, 15) is 8.42 Å². The quantitative estimate of drug-likeness (QED) is 0.498. The van der Waals surface area contributed by atoms with Gasteiger partial charge in [-0.2, -0.15) is 4.31 Å². The molecular weight excluding hydrogens is 454 g/mol. The van der Waals surface area contributed by atoms with Crippen molar-refractivity contribution in [2.45, 2.75) is 30.6 Å². The molecule has 0 saturated carbocycles. The zero-order valence-corrected chi connectivity index (χ0v) is 19.4. The van der Waals surface area contributed by atoms with Gasteiger partial charge in [0.2, 0.25) is 21.8 Å². The number of nitrogens with zero attached hydrogens (tertiary/aromatic N) is 3. The number of hydrogen-bond donors (Lipinski definition) is 0. The lowest BCUT2D eigenvalue weighted by Crippen LogP contribution is -2.39. The monoisotopic (exact) mass is 477 g/mol. The first-order valence-electron chi connectivity index (χ1n) is 10.3. The van der Waals surface area contributed by atoms with E-state index in [1.54, 1.807) is 13.2 Å². The molecule has 4 rings (SSSR count). The van der Waals surface area contributed by atoms with Crippen molar-refractivity contribution in [1.82, 2.24) is 14.5 Å². The summed E-state index contributed by atoms with van der Waals surface area (Å²) in [5.74, 6) is 1.83. The first-order chi connectivity index (χ1) is 15.4. The third kappa shape index (κ3) is 4.60. The van der Waals surface area contributed by atoms with E-state index < -0.39 is 10.0 Å². The first kappa shape index (κ1) is 22.6. The largest absolute Gasteiger partial charge is 0.497 e. The molecule has 2 aromatic carbocycles. The van der Waals surface area contributed by atoms with Crippen LogP contribution < -0.4 is 9.47 Å². The van der Waals surface area contributed by atoms with Crippen LogP contribution in [0.5, 0.6) is 11.5 Å². The number of benzene rings is 2. The van der Waals surface area contributed by atoms with Crippen LogP contribution in [-0.4, -0.2) is 49.7 Å². The highest BCUT2D eigenvalue weighted by atomic mass is 35.5. The summed E-state index contributed by atoms with van der Waals surface area (Å²) in [6.45, 7) is 2.97. The maximum absolute atomic E-state index is 13.2. The molecule has 1 aromatic heterocycles. The van der Waals surface area contributed by atoms with Crippen LogP contribution in [0.2, 0.25) is 5.02 Å². The van der Waals surface area contributed by atoms with Crippen LogP contribution in [0.3, 0.4) is 0 Å². The number of rotatable bonds is 7. The minimum absolute atomic E-state index is 0.135. The Morgan fingerprint density at radius 2 is 1.97 bits per heavy atom. The van der Waals surface area contributed by atoms with E-state index in [1.165, 1.54) is 16.4 Å². The Hall–Kier alpha value is -2.62. The Morgan fingerprint density at radius 3 is 2.66 bits per heavy atom. The maximum atomic E-state index is 13.2. The fourth-order valence-electron chi connectivity index (χ4n) is 3.68. The topological polar surface area (TPSA) is 94.8 Å². The third-order valence-electron chi connectivity index (χ3n) is 5.35. The van der Waals surface area contributed by atoms with Crippen LogP contribution in [0.4, 0.5) is 0 Å². The van der Waals surface area contributed by atoms with Gasteiger partial charge in [-0.05, 0) is 62.2 Å². The highest BCUT2D eigenvalue weighted by molar-refractivity contribution is 7.89. The van der Waals surface area contributed by atoms with E-state index in [1.807, 2.05) is 31.2 Å². The number of sulfonamides is 1. The highest BCUT2D eigenvalue weighted by Crippen LogP contribution is 2.33. The lowest BCUT2D eigenvalue weighted by Gasteiger charge is -2.30. The van der Waals surface area contributed by atoms with E-state index >= 15 is 0 Å². The van der Waals surface area contributed by atoms with Crippen molar-refractivity contribution in [3.63, 3.8) is 0 Å². The fraction of sp³-hybridized carbons (Fsp3) is 0.364. The van der Waals surface area contributed by atoms with Crippen molar-refractivity contribution in [2.24, 2.45) is 0 Å². The highest BCUT2D eigenvalue weighted by Gasteiger charge is 2.33. The Kier molecular flexibility index (Phi) is 6.68. The lowest BCUT2D eigenvalue weighted by molar-refractivity contribution is 0.286. The molecular formula is C22H24ClN3O5S. The van der Waals surface area contributed by atoms with Crippen LogP contribution in [0.15, 0.2) is 51.8 Å². The van der Waals surface area contributed by atoms with Gasteiger partial charge in [-0.15, -0.1) is 10.2 Å². The molecule has 0 aliphatic carbocycles. The van der Waals surface area contributed by atoms with Crippen LogP contribution in [0.1, 0.15) is 31.6 Å². The van der Waals surface area contributed by atoms with Gasteiger partial charge in [-0.25, -0.2) is 8.42 Å². The smallest absolute Gasteiger partial charge is 0.247 e. The number of methoxy groups -OCH3 is 1. The molecule has 0 amide bonds. The molecule has 0 unspecified atom stereocenters. The molecule has 1 aliphatic rings. The Bertz CT molecular complexity index is 1180. The van der Waals surface area contributed by atoms with Crippen molar-refractivity contribution < 1.29 is 22.3 Å². The molecule has 0 bridgehead atoms. The second-order valence-corrected chi connectivity index (χ2v) is 9.75. The lowest BCUT2D eigenvalue weighted by atomic mass is 10.00. The van der Waals surface area contributed by atoms with Gasteiger partial charge in [0.25, 0.3) is 0 Å². The predicted octanol–water partition coefficient (Wildman–Crippen LogP) is 4.37. The number of hydrogen-bond acceptors (Lipinski definition) is 7. The third-order valence-corrected chi connectivity index (χ3v) is 7.51. The first-order valence-corrected chi connectivity index (χ1v) is 12.1. The summed E-state index contributed by atoms with van der Waals surface area (Å²) in [6, 6.07) is 11.8. The Labute approximate surface area is 192 Å². The zero-order chi connectivity index (χ0) is 22.7. The molecule has 32 heavy (non-hydrogen) atoms. The normalized spacial score (nSPS) is 17.3. The van der Waals surface area contributed by atoms with Crippen molar-refractivity contribution in [3.05, 3.63) is 53.4 Å². The molecule has 2 heterocycles. The van der Waals surface area contributed by atoms with Crippen molar-refractivity contribution in [2.75, 3.05) is 26.8 Å². The second-order valence-electron chi connectivity index (χ2n) is 7.40. The molecule has 0 spiro atoms. The van der Waals surface area contributed by atoms with Crippen molar-refractivity contribution >= 4 is 21.6 Å². The predicted molar refractivity (Wildman–Crippen MR) is 120 cm³/mol. The van der Waals surface area contributed by atoms with Gasteiger partial charge in [0.15, 0.2) is 0 Å². The number of piperidine rings is 1. The van der Waals surface area contributed by atoms with E-state index in [0.29, 0.717) is 37.1 Å². The van der Waals surface area contributed by atoms with E-state index in [-0.39, 0.29) is 22.4 Å². The number of halogens is 1. The van der Waals surface area contributed by atoms with Gasteiger partial charge in [0.1, 0.15) is 11.5 Å². The zero-order valence-electron chi connectivity index (χ0n) is 17.8. The summed E-state index contributed by atoms with van der Waals surface area (Å²) in [7, 11) is -2.12. The molecule has 170 valence electrons. The fourth-order valence-corrected chi connectivity index (χ4v) is 5.53. The molecule has 10 heteroatoms. The summed E-state index contributed by atoms with van der Waals surface area (Å²) in [5.41, 5.74) is 0.772. The number of ether oxygens (including phenoxy) is 2. The van der Waals surface area contributed by atoms with Crippen LogP contribution in [-0.2, 0) is 10.0 Å². The van der Waals surface area contributed by atoms with Gasteiger partial charge in [-0.1, -0.05) is 11.6 Å². The summed E-state index contributed by atoms with van der Waals surface area (Å²) < 4.78 is 44.3. The molecule has 1 aliphatic heterocycles. The standard InChI is InChI=1S/C22H24ClN3O5S/c1-3-30-20-11-10-18(13-19(20)23)32(27,28)26-12-4-5-16(14-26)22-25-24-21(31-22)15-6-8-17(29-2)9-7-15/h6-11,13,16H,3-5,12,14H2,1-2H3/t16-/m0/s1. The summed E-state index contributed by atoms with van der Waals surface area (Å²) in [4.78, 5) is 0.135. The second kappa shape index (κ2) is 9.48. The van der Waals surface area contributed by atoms with Crippen LogP contribution in [0.25, 0.3) is 11.5 Å². The summed E-state index contributed by atoms with van der Waals surface area (Å²) >= 11 is 6.21. The van der Waals surface area contributed by atoms with E-state index in [2.05, 4.69) is 10.2 Å². The van der Waals surface area contributed by atoms with Gasteiger partial charge < -0.3 is 13.9 Å². The SMILES string of the molecule is CCOc1ccc(S(=O)(=O)N2CCC[C@H](c3nnc(-c4ccc(OC)cc4)o3)C2)cc1Cl. The van der Waals surface area contributed by atoms with Crippen molar-refractivity contribution in [1.29, 1.82) is 0 Å². The van der Waals surface area contributed by atoms with Gasteiger partial charge >= 0.3 is 0 Å². The van der Waals surface area contributed by atoms with Crippen LogP contribution in [0, 0.1) is 0 Å². The van der Waals surface area contributed by atoms with Gasteiger partial charge in [-0.3, -0.25) is 0 Å². The minimum atomic E-state index is -3.72. The average molecular weight is 478 g/mol.